The molecule has 1 atom stereocenters. The van der Waals surface area contributed by atoms with Crippen molar-refractivity contribution in [2.75, 3.05) is 26.7 Å². The van der Waals surface area contributed by atoms with Gasteiger partial charge in [-0.25, -0.2) is 0 Å². The van der Waals surface area contributed by atoms with Gasteiger partial charge in [-0.05, 0) is 36.6 Å². The standard InChI is InChI=1S/C29H32N2O3/c1-21-8-10-22(11-9-21)12-13-27(32)26-17-24(29(34-2)18-28(26)33)20-31-15-14-30-19-25(31)16-23-6-4-3-5-7-23/h3-13,17-18,25,30,33H,14-16,19-20H2,1-2H3/b13-12+. The summed E-state index contributed by atoms with van der Waals surface area (Å²) in [5.41, 5.74) is 4.59. The summed E-state index contributed by atoms with van der Waals surface area (Å²) in [5.74, 6) is 0.289. The minimum atomic E-state index is -0.233. The van der Waals surface area contributed by atoms with E-state index in [1.807, 2.05) is 37.3 Å². The molecule has 4 rings (SSSR count). The maximum absolute atomic E-state index is 12.9. The number of hydrogen-bond acceptors (Lipinski definition) is 5. The van der Waals surface area contributed by atoms with Crippen LogP contribution in [-0.4, -0.2) is 48.6 Å². The highest BCUT2D eigenvalue weighted by atomic mass is 16.5. The minimum Gasteiger partial charge on any atom is -0.507 e. The van der Waals surface area contributed by atoms with Crippen molar-refractivity contribution in [2.45, 2.75) is 25.9 Å². The van der Waals surface area contributed by atoms with E-state index in [1.54, 1.807) is 25.3 Å². The molecule has 0 saturated carbocycles. The minimum absolute atomic E-state index is 0.0692. The van der Waals surface area contributed by atoms with Crippen molar-refractivity contribution in [2.24, 2.45) is 0 Å². The average molecular weight is 457 g/mol. The number of ether oxygens (including phenoxy) is 1. The monoisotopic (exact) mass is 456 g/mol. The molecule has 0 spiro atoms. The SMILES string of the molecule is COc1cc(O)c(C(=O)/C=C/c2ccc(C)cc2)cc1CN1CCNCC1Cc1ccccc1. The summed E-state index contributed by atoms with van der Waals surface area (Å²) in [4.78, 5) is 15.4. The van der Waals surface area contributed by atoms with Crippen molar-refractivity contribution < 1.29 is 14.6 Å². The fourth-order valence-electron chi connectivity index (χ4n) is 4.38. The molecule has 0 radical (unpaired) electrons. The Kier molecular flexibility index (Phi) is 7.78. The number of phenolic OH excluding ortho intramolecular Hbond substituents is 1. The lowest BCUT2D eigenvalue weighted by atomic mass is 10.00. The van der Waals surface area contributed by atoms with Crippen LogP contribution < -0.4 is 10.1 Å². The molecule has 0 bridgehead atoms. The van der Waals surface area contributed by atoms with Gasteiger partial charge < -0.3 is 15.2 Å². The first-order chi connectivity index (χ1) is 16.5. The van der Waals surface area contributed by atoms with Crippen LogP contribution >= 0.6 is 0 Å². The van der Waals surface area contributed by atoms with Gasteiger partial charge in [0.15, 0.2) is 5.78 Å². The summed E-state index contributed by atoms with van der Waals surface area (Å²) in [6, 6.07) is 22.1. The predicted molar refractivity (Wildman–Crippen MR) is 136 cm³/mol. The molecule has 3 aromatic carbocycles. The van der Waals surface area contributed by atoms with Crippen molar-refractivity contribution in [3.8, 4) is 11.5 Å². The van der Waals surface area contributed by atoms with Crippen LogP contribution in [-0.2, 0) is 13.0 Å². The fourth-order valence-corrected chi connectivity index (χ4v) is 4.38. The first-order valence-electron chi connectivity index (χ1n) is 11.7. The van der Waals surface area contributed by atoms with E-state index < -0.39 is 0 Å². The second-order valence-electron chi connectivity index (χ2n) is 8.81. The summed E-state index contributed by atoms with van der Waals surface area (Å²) < 4.78 is 5.56. The molecule has 1 fully saturated rings. The van der Waals surface area contributed by atoms with Gasteiger partial charge in [0.25, 0.3) is 0 Å². The van der Waals surface area contributed by atoms with E-state index in [0.29, 0.717) is 18.3 Å². The Balaban J connectivity index is 1.55. The molecule has 1 heterocycles. The number of ketones is 1. The zero-order chi connectivity index (χ0) is 23.9. The number of nitrogens with one attached hydrogen (secondary N) is 1. The largest absolute Gasteiger partial charge is 0.507 e. The van der Waals surface area contributed by atoms with Crippen LogP contribution in [0, 0.1) is 6.92 Å². The summed E-state index contributed by atoms with van der Waals surface area (Å²) >= 11 is 0. The van der Waals surface area contributed by atoms with Crippen LogP contribution in [0.1, 0.15) is 32.6 Å². The smallest absolute Gasteiger partial charge is 0.189 e. The van der Waals surface area contributed by atoms with E-state index in [9.17, 15) is 9.90 Å². The van der Waals surface area contributed by atoms with Crippen molar-refractivity contribution in [1.82, 2.24) is 10.2 Å². The van der Waals surface area contributed by atoms with Gasteiger partial charge in [0.1, 0.15) is 11.5 Å². The highest BCUT2D eigenvalue weighted by Gasteiger charge is 2.24. The highest BCUT2D eigenvalue weighted by Crippen LogP contribution is 2.31. The maximum Gasteiger partial charge on any atom is 0.189 e. The lowest BCUT2D eigenvalue weighted by molar-refractivity contribution is 0.104. The molecule has 1 aliphatic rings. The number of carbonyl (C=O) groups excluding carboxylic acids is 1. The van der Waals surface area contributed by atoms with Crippen molar-refractivity contribution >= 4 is 11.9 Å². The number of methoxy groups -OCH3 is 1. The van der Waals surface area contributed by atoms with Crippen molar-refractivity contribution in [1.29, 1.82) is 0 Å². The molecule has 0 aromatic heterocycles. The molecular formula is C29H32N2O3. The summed E-state index contributed by atoms with van der Waals surface area (Å²) in [6.45, 7) is 5.39. The Morgan fingerprint density at radius 1 is 1.15 bits per heavy atom. The Hall–Kier alpha value is -3.41. The van der Waals surface area contributed by atoms with Gasteiger partial charge in [-0.1, -0.05) is 66.2 Å². The lowest BCUT2D eigenvalue weighted by Gasteiger charge is -2.36. The van der Waals surface area contributed by atoms with Crippen LogP contribution in [0.4, 0.5) is 0 Å². The Morgan fingerprint density at radius 3 is 2.65 bits per heavy atom. The normalized spacial score (nSPS) is 16.6. The van der Waals surface area contributed by atoms with Crippen molar-refractivity contribution in [3.63, 3.8) is 0 Å². The first-order valence-corrected chi connectivity index (χ1v) is 11.7. The molecule has 176 valence electrons. The van der Waals surface area contributed by atoms with E-state index in [4.69, 9.17) is 4.74 Å². The van der Waals surface area contributed by atoms with Crippen molar-refractivity contribution in [3.05, 3.63) is 101 Å². The number of piperazine rings is 1. The first kappa shape index (κ1) is 23.7. The van der Waals surface area contributed by atoms with E-state index in [-0.39, 0.29) is 17.1 Å². The highest BCUT2D eigenvalue weighted by molar-refractivity contribution is 6.08. The molecule has 5 nitrogen and oxygen atoms in total. The molecule has 5 heteroatoms. The number of rotatable bonds is 8. The zero-order valence-electron chi connectivity index (χ0n) is 19.8. The van der Waals surface area contributed by atoms with E-state index in [0.717, 1.165) is 37.2 Å². The van der Waals surface area contributed by atoms with Crippen LogP contribution in [0.25, 0.3) is 6.08 Å². The second kappa shape index (κ2) is 11.1. The molecule has 1 aliphatic heterocycles. The van der Waals surface area contributed by atoms with Gasteiger partial charge in [-0.3, -0.25) is 9.69 Å². The number of phenols is 1. The summed E-state index contributed by atoms with van der Waals surface area (Å²) in [6.07, 6.45) is 4.23. The van der Waals surface area contributed by atoms with Gasteiger partial charge >= 0.3 is 0 Å². The summed E-state index contributed by atoms with van der Waals surface area (Å²) in [7, 11) is 1.59. The Morgan fingerprint density at radius 2 is 1.91 bits per heavy atom. The third-order valence-electron chi connectivity index (χ3n) is 6.33. The third-order valence-corrected chi connectivity index (χ3v) is 6.33. The van der Waals surface area contributed by atoms with Crippen LogP contribution in [0.15, 0.2) is 72.8 Å². The zero-order valence-corrected chi connectivity index (χ0v) is 19.8. The van der Waals surface area contributed by atoms with Gasteiger partial charge in [0.05, 0.1) is 12.7 Å². The van der Waals surface area contributed by atoms with Gasteiger partial charge in [-0.2, -0.15) is 0 Å². The average Bonchev–Trinajstić information content (AvgIpc) is 2.86. The molecular weight excluding hydrogens is 424 g/mol. The number of aryl methyl sites for hydroxylation is 1. The molecule has 3 aromatic rings. The number of hydrogen-bond donors (Lipinski definition) is 2. The fraction of sp³-hybridized carbons (Fsp3) is 0.276. The van der Waals surface area contributed by atoms with Crippen LogP contribution in [0.2, 0.25) is 0 Å². The number of nitrogens with zero attached hydrogens (tertiary/aromatic N) is 1. The lowest BCUT2D eigenvalue weighted by Crippen LogP contribution is -2.51. The van der Waals surface area contributed by atoms with E-state index in [1.165, 1.54) is 17.2 Å². The predicted octanol–water partition coefficient (Wildman–Crippen LogP) is 4.62. The van der Waals surface area contributed by atoms with E-state index >= 15 is 0 Å². The quantitative estimate of drug-likeness (QED) is 0.383. The topological polar surface area (TPSA) is 61.8 Å². The molecule has 1 unspecified atom stereocenters. The van der Waals surface area contributed by atoms with Crippen LogP contribution in [0.5, 0.6) is 11.5 Å². The number of carbonyl (C=O) groups is 1. The molecule has 0 aliphatic carbocycles. The molecule has 0 amide bonds. The number of benzene rings is 3. The van der Waals surface area contributed by atoms with Gasteiger partial charge in [0.2, 0.25) is 0 Å². The molecule has 1 saturated heterocycles. The maximum atomic E-state index is 12.9. The summed E-state index contributed by atoms with van der Waals surface area (Å²) in [5, 5.41) is 14.0. The Bertz CT molecular complexity index is 1140. The second-order valence-corrected chi connectivity index (χ2v) is 8.81. The number of aromatic hydroxyl groups is 1. The molecule has 34 heavy (non-hydrogen) atoms. The molecule has 2 N–H and O–H groups in total. The van der Waals surface area contributed by atoms with Gasteiger partial charge in [-0.15, -0.1) is 0 Å². The Labute approximate surface area is 201 Å². The van der Waals surface area contributed by atoms with Crippen LogP contribution in [0.3, 0.4) is 0 Å². The van der Waals surface area contributed by atoms with E-state index in [2.05, 4.69) is 34.5 Å². The number of allylic oxidation sites excluding steroid dienone is 1. The van der Waals surface area contributed by atoms with Gasteiger partial charge in [0, 0.05) is 43.9 Å². The third kappa shape index (κ3) is 5.93.